The zero-order valence-corrected chi connectivity index (χ0v) is 18.3. The fourth-order valence-corrected chi connectivity index (χ4v) is 9.27. The van der Waals surface area contributed by atoms with Gasteiger partial charge in [0.1, 0.15) is 0 Å². The summed E-state index contributed by atoms with van der Waals surface area (Å²) in [5.74, 6) is -0.700. The Balaban J connectivity index is 1.72. The Morgan fingerprint density at radius 1 is 0.821 bits per heavy atom. The maximum atomic E-state index is 14.9. The molecule has 1 saturated heterocycles. The number of benzene rings is 2. The molecule has 2 aromatic rings. The summed E-state index contributed by atoms with van der Waals surface area (Å²) >= 11 is 3.84. The molecule has 5 heteroatoms. The van der Waals surface area contributed by atoms with Gasteiger partial charge in [-0.05, 0) is 13.8 Å². The van der Waals surface area contributed by atoms with E-state index < -0.39 is 12.9 Å². The van der Waals surface area contributed by atoms with Crippen molar-refractivity contribution < 1.29 is 14.0 Å². The van der Waals surface area contributed by atoms with Crippen LogP contribution in [0, 0.1) is 11.8 Å². The molecule has 3 nitrogen and oxygen atoms in total. The van der Waals surface area contributed by atoms with Crippen molar-refractivity contribution in [3.63, 3.8) is 0 Å². The van der Waals surface area contributed by atoms with Crippen molar-refractivity contribution in [2.45, 2.75) is 31.8 Å². The summed E-state index contributed by atoms with van der Waals surface area (Å²) in [6.45, 7) is 3.90. The Morgan fingerprint density at radius 3 is 1.82 bits per heavy atom. The lowest BCUT2D eigenvalue weighted by molar-refractivity contribution is -0.148. The normalized spacial score (nSPS) is 30.5. The molecule has 4 atom stereocenters. The van der Waals surface area contributed by atoms with Gasteiger partial charge in [0.05, 0.1) is 12.2 Å². The van der Waals surface area contributed by atoms with Crippen molar-refractivity contribution in [2.24, 2.45) is 11.8 Å². The SMILES string of the molecule is CC1(C)OC2C3C=CC(C(P(=O)(c4ccccc4)c4ccccc4)=C3Br)C2O1. The van der Waals surface area contributed by atoms with E-state index in [4.69, 9.17) is 9.47 Å². The van der Waals surface area contributed by atoms with Crippen LogP contribution in [0.3, 0.4) is 0 Å². The molecule has 0 N–H and O–H groups in total. The lowest BCUT2D eigenvalue weighted by atomic mass is 9.77. The largest absolute Gasteiger partial charge is 0.344 e. The molecule has 4 unspecified atom stereocenters. The number of hydrogen-bond donors (Lipinski definition) is 0. The van der Waals surface area contributed by atoms with Gasteiger partial charge in [-0.2, -0.15) is 0 Å². The molecular weight excluding hydrogens is 435 g/mol. The molecule has 0 amide bonds. The summed E-state index contributed by atoms with van der Waals surface area (Å²) in [6.07, 6.45) is 4.16. The van der Waals surface area contributed by atoms with Crippen LogP contribution in [-0.2, 0) is 14.0 Å². The zero-order valence-electron chi connectivity index (χ0n) is 15.8. The van der Waals surface area contributed by atoms with Crippen LogP contribution in [0.2, 0.25) is 0 Å². The molecule has 0 radical (unpaired) electrons. The third kappa shape index (κ3) is 2.66. The van der Waals surface area contributed by atoms with Gasteiger partial charge < -0.3 is 14.0 Å². The highest BCUT2D eigenvalue weighted by Gasteiger charge is 2.57. The van der Waals surface area contributed by atoms with E-state index in [9.17, 15) is 4.57 Å². The van der Waals surface area contributed by atoms with E-state index in [0.29, 0.717) is 0 Å². The van der Waals surface area contributed by atoms with Crippen LogP contribution in [-0.4, -0.2) is 18.0 Å². The summed E-state index contributed by atoms with van der Waals surface area (Å²) in [6, 6.07) is 19.6. The first-order valence-electron chi connectivity index (χ1n) is 9.57. The maximum absolute atomic E-state index is 14.9. The molecule has 1 heterocycles. The number of hydrogen-bond acceptors (Lipinski definition) is 3. The minimum Gasteiger partial charge on any atom is -0.344 e. The van der Waals surface area contributed by atoms with Gasteiger partial charge in [0.25, 0.3) is 0 Å². The number of halogens is 1. The van der Waals surface area contributed by atoms with Crippen LogP contribution in [0.4, 0.5) is 0 Å². The van der Waals surface area contributed by atoms with Crippen LogP contribution >= 0.6 is 23.1 Å². The molecular formula is C23H22BrO3P. The molecule has 0 aromatic heterocycles. The smallest absolute Gasteiger partial charge is 0.168 e. The molecule has 144 valence electrons. The Kier molecular flexibility index (Phi) is 4.33. The second-order valence-electron chi connectivity index (χ2n) is 8.01. The van der Waals surface area contributed by atoms with Crippen molar-refractivity contribution in [3.8, 4) is 0 Å². The molecule has 6 rings (SSSR count). The fraction of sp³-hybridized carbons (Fsp3) is 0.304. The van der Waals surface area contributed by atoms with E-state index >= 15 is 0 Å². The van der Waals surface area contributed by atoms with E-state index in [-0.39, 0.29) is 24.0 Å². The number of ether oxygens (including phenoxy) is 2. The second-order valence-corrected chi connectivity index (χ2v) is 11.6. The van der Waals surface area contributed by atoms with Gasteiger partial charge in [0, 0.05) is 32.2 Å². The quantitative estimate of drug-likeness (QED) is 0.484. The Morgan fingerprint density at radius 2 is 1.29 bits per heavy atom. The minimum atomic E-state index is -3.04. The van der Waals surface area contributed by atoms with Gasteiger partial charge in [0.2, 0.25) is 0 Å². The first-order chi connectivity index (χ1) is 13.4. The molecule has 1 aliphatic heterocycles. The van der Waals surface area contributed by atoms with Gasteiger partial charge in [-0.3, -0.25) is 0 Å². The van der Waals surface area contributed by atoms with Crippen LogP contribution in [0.1, 0.15) is 13.8 Å². The van der Waals surface area contributed by atoms with Gasteiger partial charge in [-0.1, -0.05) is 88.7 Å². The molecule has 0 spiro atoms. The Hall–Kier alpha value is -1.45. The summed E-state index contributed by atoms with van der Waals surface area (Å²) < 4.78 is 28.4. The van der Waals surface area contributed by atoms with Gasteiger partial charge >= 0.3 is 0 Å². The third-order valence-electron chi connectivity index (χ3n) is 5.83. The lowest BCUT2D eigenvalue weighted by Gasteiger charge is -2.43. The van der Waals surface area contributed by atoms with Gasteiger partial charge in [-0.25, -0.2) is 0 Å². The Labute approximate surface area is 173 Å². The molecule has 4 aliphatic rings. The number of rotatable bonds is 3. The average Bonchev–Trinajstić information content (AvgIpc) is 3.05. The Bertz CT molecular complexity index is 969. The first kappa shape index (κ1) is 18.6. The van der Waals surface area contributed by atoms with E-state index in [1.54, 1.807) is 0 Å². The average molecular weight is 457 g/mol. The van der Waals surface area contributed by atoms with Crippen LogP contribution in [0.15, 0.2) is 82.6 Å². The summed E-state index contributed by atoms with van der Waals surface area (Å²) in [4.78, 5) is 0. The van der Waals surface area contributed by atoms with Crippen molar-refractivity contribution in [1.82, 2.24) is 0 Å². The molecule has 0 saturated carbocycles. The first-order valence-corrected chi connectivity index (χ1v) is 12.1. The molecule has 3 aliphatic carbocycles. The second kappa shape index (κ2) is 6.53. The summed E-state index contributed by atoms with van der Waals surface area (Å²) in [5.41, 5.74) is 0. The van der Waals surface area contributed by atoms with Crippen LogP contribution in [0.25, 0.3) is 0 Å². The lowest BCUT2D eigenvalue weighted by Crippen LogP contribution is -2.45. The van der Waals surface area contributed by atoms with Crippen molar-refractivity contribution in [3.05, 3.63) is 82.6 Å². The van der Waals surface area contributed by atoms with E-state index in [1.165, 1.54) is 0 Å². The van der Waals surface area contributed by atoms with E-state index in [0.717, 1.165) is 20.4 Å². The standard InChI is InChI=1S/C23H22BrO3P/c1-23(2)26-20-17-13-14-18(21(20)27-23)22(19(17)24)28(25,15-9-5-3-6-10-15)16-11-7-4-8-12-16/h3-14,17-18,20-21H,1-2H3. The minimum absolute atomic E-state index is 0.0209. The van der Waals surface area contributed by atoms with Gasteiger partial charge in [-0.15, -0.1) is 0 Å². The van der Waals surface area contributed by atoms with Crippen LogP contribution in [0.5, 0.6) is 0 Å². The fourth-order valence-electron chi connectivity index (χ4n) is 4.70. The van der Waals surface area contributed by atoms with Crippen molar-refractivity contribution >= 4 is 33.7 Å². The monoisotopic (exact) mass is 456 g/mol. The zero-order chi connectivity index (χ0) is 19.5. The van der Waals surface area contributed by atoms with E-state index in [1.807, 2.05) is 74.5 Å². The highest BCUT2D eigenvalue weighted by molar-refractivity contribution is 9.11. The van der Waals surface area contributed by atoms with Crippen molar-refractivity contribution in [2.75, 3.05) is 0 Å². The highest BCUT2D eigenvalue weighted by atomic mass is 79.9. The van der Waals surface area contributed by atoms with Crippen LogP contribution < -0.4 is 10.6 Å². The molecule has 1 fully saturated rings. The predicted molar refractivity (Wildman–Crippen MR) is 116 cm³/mol. The molecule has 2 bridgehead atoms. The molecule has 2 aromatic carbocycles. The summed E-state index contributed by atoms with van der Waals surface area (Å²) in [5, 5.41) is 2.65. The maximum Gasteiger partial charge on any atom is 0.168 e. The van der Waals surface area contributed by atoms with E-state index in [2.05, 4.69) is 28.1 Å². The highest BCUT2D eigenvalue weighted by Crippen LogP contribution is 2.64. The third-order valence-corrected chi connectivity index (χ3v) is 10.4. The van der Waals surface area contributed by atoms with Gasteiger partial charge in [0.15, 0.2) is 12.9 Å². The molecule has 28 heavy (non-hydrogen) atoms. The van der Waals surface area contributed by atoms with Crippen molar-refractivity contribution in [1.29, 1.82) is 0 Å². The topological polar surface area (TPSA) is 35.5 Å². The summed E-state index contributed by atoms with van der Waals surface area (Å²) in [7, 11) is -3.04. The predicted octanol–water partition coefficient (Wildman–Crippen LogP) is 4.94.